The van der Waals surface area contributed by atoms with Crippen LogP contribution in [0.4, 0.5) is 10.5 Å². The predicted molar refractivity (Wildman–Crippen MR) is 132 cm³/mol. The Labute approximate surface area is 203 Å². The number of amides is 2. The smallest absolute Gasteiger partial charge is 0.407 e. The number of aromatic amines is 1. The highest BCUT2D eigenvalue weighted by Crippen LogP contribution is 2.30. The number of anilines is 1. The molecule has 2 amide bonds. The molecule has 0 spiro atoms. The van der Waals surface area contributed by atoms with Crippen LogP contribution in [0.1, 0.15) is 42.3 Å². The van der Waals surface area contributed by atoms with Gasteiger partial charge in [0.1, 0.15) is 11.7 Å². The molecular weight excluding hydrogens is 470 g/mol. The second kappa shape index (κ2) is 10.1. The Hall–Kier alpha value is -4.04. The van der Waals surface area contributed by atoms with E-state index in [1.165, 1.54) is 30.5 Å². The summed E-state index contributed by atoms with van der Waals surface area (Å²) in [5, 5.41) is 15.1. The summed E-state index contributed by atoms with van der Waals surface area (Å²) in [5.41, 5.74) is 1.75. The van der Waals surface area contributed by atoms with Crippen molar-refractivity contribution >= 4 is 38.6 Å². The number of nitrogens with zero attached hydrogens (tertiary/aromatic N) is 1. The molecule has 3 aromatic rings. The van der Waals surface area contributed by atoms with Gasteiger partial charge in [-0.15, -0.1) is 0 Å². The topological polar surface area (TPSA) is 153 Å². The Morgan fingerprint density at radius 1 is 1.06 bits per heavy atom. The molecule has 0 radical (unpaired) electrons. The van der Waals surface area contributed by atoms with Gasteiger partial charge in [0.25, 0.3) is 15.9 Å². The molecule has 1 heterocycles. The van der Waals surface area contributed by atoms with Gasteiger partial charge in [-0.3, -0.25) is 9.52 Å². The van der Waals surface area contributed by atoms with E-state index in [9.17, 15) is 23.3 Å². The van der Waals surface area contributed by atoms with Gasteiger partial charge in [0.05, 0.1) is 21.7 Å². The van der Waals surface area contributed by atoms with Crippen molar-refractivity contribution in [3.8, 4) is 6.07 Å². The number of hydrogen-bond acceptors (Lipinski definition) is 6. The summed E-state index contributed by atoms with van der Waals surface area (Å²) in [6, 6.07) is 10.9. The number of hydrogen-bond donors (Lipinski definition) is 4. The van der Waals surface area contributed by atoms with E-state index in [2.05, 4.69) is 26.4 Å². The highest BCUT2D eigenvalue weighted by atomic mass is 32.2. The minimum atomic E-state index is -3.95. The second-order valence-electron chi connectivity index (χ2n) is 8.81. The van der Waals surface area contributed by atoms with E-state index in [0.717, 1.165) is 5.56 Å². The van der Waals surface area contributed by atoms with Gasteiger partial charge >= 0.3 is 6.09 Å². The summed E-state index contributed by atoms with van der Waals surface area (Å²) in [4.78, 5) is 26.9. The number of sulfonamides is 1. The molecule has 10 nitrogen and oxygen atoms in total. The number of fused-ring (bicyclic) bond motifs is 1. The van der Waals surface area contributed by atoms with Crippen molar-refractivity contribution in [1.82, 2.24) is 15.6 Å². The lowest BCUT2D eigenvalue weighted by atomic mass is 10.1. The standard InChI is InChI=1S/C24H27N5O5S/c1-15-5-10-19(21-20(15)17(13-25)14-28-21)29-35(32,33)18-8-6-16(7-9-18)22(30)26-11-12-27-23(31)34-24(2,3)4/h5-10,14,28-29H,11-12H2,1-4H3,(H,26,30)(H,27,31). The third-order valence-electron chi connectivity index (χ3n) is 4.91. The van der Waals surface area contributed by atoms with E-state index in [0.29, 0.717) is 22.2 Å². The zero-order valence-corrected chi connectivity index (χ0v) is 20.7. The molecule has 11 heteroatoms. The van der Waals surface area contributed by atoms with E-state index in [-0.39, 0.29) is 23.5 Å². The number of ether oxygens (including phenoxy) is 1. The SMILES string of the molecule is Cc1ccc(NS(=O)(=O)c2ccc(C(=O)NCCNC(=O)OC(C)(C)C)cc2)c2[nH]cc(C#N)c12. The molecule has 1 aromatic heterocycles. The van der Waals surface area contributed by atoms with Gasteiger partial charge in [-0.05, 0) is 63.6 Å². The number of H-pyrrole nitrogens is 1. The van der Waals surface area contributed by atoms with E-state index in [1.807, 2.05) is 6.92 Å². The van der Waals surface area contributed by atoms with Crippen molar-refractivity contribution in [3.05, 3.63) is 59.3 Å². The Kier molecular flexibility index (Phi) is 7.36. The number of carbonyl (C=O) groups excluding carboxylic acids is 2. The number of aryl methyl sites for hydroxylation is 1. The first-order chi connectivity index (χ1) is 16.4. The molecule has 0 fully saturated rings. The molecule has 3 rings (SSSR count). The Morgan fingerprint density at radius 3 is 2.34 bits per heavy atom. The zero-order chi connectivity index (χ0) is 25.8. The first kappa shape index (κ1) is 25.6. The first-order valence-corrected chi connectivity index (χ1v) is 12.3. The van der Waals surface area contributed by atoms with Crippen LogP contribution in [0.3, 0.4) is 0 Å². The fourth-order valence-electron chi connectivity index (χ4n) is 3.34. The van der Waals surface area contributed by atoms with Crippen molar-refractivity contribution in [2.75, 3.05) is 17.8 Å². The summed E-state index contributed by atoms with van der Waals surface area (Å²) in [6.45, 7) is 7.43. The molecule has 4 N–H and O–H groups in total. The first-order valence-electron chi connectivity index (χ1n) is 10.8. The van der Waals surface area contributed by atoms with Gasteiger partial charge in [-0.2, -0.15) is 5.26 Å². The van der Waals surface area contributed by atoms with Crippen LogP contribution in [0.5, 0.6) is 0 Å². The van der Waals surface area contributed by atoms with Crippen LogP contribution in [-0.4, -0.2) is 44.1 Å². The maximum absolute atomic E-state index is 12.9. The van der Waals surface area contributed by atoms with E-state index in [4.69, 9.17) is 4.74 Å². The average Bonchev–Trinajstić information content (AvgIpc) is 3.23. The summed E-state index contributed by atoms with van der Waals surface area (Å²) >= 11 is 0. The number of rotatable bonds is 7. The minimum absolute atomic E-state index is 0.0265. The minimum Gasteiger partial charge on any atom is -0.444 e. The largest absolute Gasteiger partial charge is 0.444 e. The molecule has 0 saturated carbocycles. The molecule has 35 heavy (non-hydrogen) atoms. The van der Waals surface area contributed by atoms with Crippen molar-refractivity contribution < 1.29 is 22.7 Å². The Morgan fingerprint density at radius 2 is 1.71 bits per heavy atom. The summed E-state index contributed by atoms with van der Waals surface area (Å²) in [5.74, 6) is -0.413. The lowest BCUT2D eigenvalue weighted by Gasteiger charge is -2.19. The van der Waals surface area contributed by atoms with Gasteiger partial charge < -0.3 is 20.4 Å². The molecule has 184 valence electrons. The van der Waals surface area contributed by atoms with E-state index < -0.39 is 27.6 Å². The van der Waals surface area contributed by atoms with Crippen molar-refractivity contribution in [2.24, 2.45) is 0 Å². The van der Waals surface area contributed by atoms with Crippen LogP contribution in [-0.2, 0) is 14.8 Å². The molecule has 0 aliphatic carbocycles. The fraction of sp³-hybridized carbons (Fsp3) is 0.292. The lowest BCUT2D eigenvalue weighted by Crippen LogP contribution is -2.37. The number of benzene rings is 2. The van der Waals surface area contributed by atoms with Crippen LogP contribution < -0.4 is 15.4 Å². The Bertz CT molecular complexity index is 1400. The third kappa shape index (κ3) is 6.30. The molecule has 0 saturated heterocycles. The van der Waals surface area contributed by atoms with E-state index in [1.54, 1.807) is 32.9 Å². The van der Waals surface area contributed by atoms with Crippen LogP contribution >= 0.6 is 0 Å². The van der Waals surface area contributed by atoms with Crippen LogP contribution in [0.15, 0.2) is 47.5 Å². The molecule has 0 aliphatic heterocycles. The highest BCUT2D eigenvalue weighted by Gasteiger charge is 2.19. The molecule has 0 unspecified atom stereocenters. The number of carbonyl (C=O) groups is 2. The van der Waals surface area contributed by atoms with Crippen LogP contribution in [0, 0.1) is 18.3 Å². The van der Waals surface area contributed by atoms with Crippen LogP contribution in [0.2, 0.25) is 0 Å². The van der Waals surface area contributed by atoms with Gasteiger partial charge in [-0.1, -0.05) is 6.07 Å². The van der Waals surface area contributed by atoms with Crippen molar-refractivity contribution in [3.63, 3.8) is 0 Å². The quantitative estimate of drug-likeness (QED) is 0.367. The maximum atomic E-state index is 12.9. The third-order valence-corrected chi connectivity index (χ3v) is 6.30. The van der Waals surface area contributed by atoms with Gasteiger partial charge in [0, 0.05) is 30.2 Å². The summed E-state index contributed by atoms with van der Waals surface area (Å²) < 4.78 is 33.5. The van der Waals surface area contributed by atoms with Crippen molar-refractivity contribution in [2.45, 2.75) is 38.2 Å². The lowest BCUT2D eigenvalue weighted by molar-refractivity contribution is 0.0526. The number of nitrogens with one attached hydrogen (secondary N) is 4. The van der Waals surface area contributed by atoms with Gasteiger partial charge in [0.15, 0.2) is 0 Å². The molecule has 0 aliphatic rings. The molecule has 2 aromatic carbocycles. The zero-order valence-electron chi connectivity index (χ0n) is 19.9. The van der Waals surface area contributed by atoms with Crippen molar-refractivity contribution in [1.29, 1.82) is 5.26 Å². The molecule has 0 bridgehead atoms. The molecular formula is C24H27N5O5S. The summed E-state index contributed by atoms with van der Waals surface area (Å²) in [7, 11) is -3.95. The predicted octanol–water partition coefficient (Wildman–Crippen LogP) is 3.40. The molecule has 0 atom stereocenters. The monoisotopic (exact) mass is 497 g/mol. The maximum Gasteiger partial charge on any atom is 0.407 e. The second-order valence-corrected chi connectivity index (χ2v) is 10.5. The number of alkyl carbamates (subject to hydrolysis) is 1. The normalized spacial score (nSPS) is 11.5. The summed E-state index contributed by atoms with van der Waals surface area (Å²) in [6.07, 6.45) is 0.953. The van der Waals surface area contributed by atoms with Gasteiger partial charge in [0.2, 0.25) is 0 Å². The highest BCUT2D eigenvalue weighted by molar-refractivity contribution is 7.92. The van der Waals surface area contributed by atoms with Crippen LogP contribution in [0.25, 0.3) is 10.9 Å². The average molecular weight is 498 g/mol. The fourth-order valence-corrected chi connectivity index (χ4v) is 4.41. The number of aromatic nitrogens is 1. The van der Waals surface area contributed by atoms with Gasteiger partial charge in [-0.25, -0.2) is 13.2 Å². The number of nitriles is 1. The Balaban J connectivity index is 1.63. The van der Waals surface area contributed by atoms with E-state index >= 15 is 0 Å².